The van der Waals surface area contributed by atoms with Crippen LogP contribution in [-0.4, -0.2) is 10.1 Å². The average molecular weight is 393 g/mol. The summed E-state index contributed by atoms with van der Waals surface area (Å²) in [6.45, 7) is 4.01. The number of hydrogen-bond acceptors (Lipinski definition) is 2. The second-order valence-electron chi connectivity index (χ2n) is 7.99. The van der Waals surface area contributed by atoms with Gasteiger partial charge >= 0.3 is 0 Å². The van der Waals surface area contributed by atoms with Gasteiger partial charge in [0.25, 0.3) is 0 Å². The summed E-state index contributed by atoms with van der Waals surface area (Å²) in [4.78, 5) is 4.84. The predicted molar refractivity (Wildman–Crippen MR) is 111 cm³/mol. The molecule has 3 aromatic rings. The fourth-order valence-electron chi connectivity index (χ4n) is 4.25. The molecule has 0 fully saturated rings. The van der Waals surface area contributed by atoms with Crippen molar-refractivity contribution in [1.29, 1.82) is 0 Å². The molecule has 0 saturated carbocycles. The van der Waals surface area contributed by atoms with E-state index in [0.717, 1.165) is 18.5 Å². The number of aliphatic hydroxyl groups excluding tert-OH is 1. The number of aliphatic hydroxyl groups is 1. The van der Waals surface area contributed by atoms with Crippen LogP contribution in [0, 0.1) is 5.82 Å². The van der Waals surface area contributed by atoms with Gasteiger partial charge in [-0.1, -0.05) is 56.3 Å². The lowest BCUT2D eigenvalue weighted by Crippen LogP contribution is -2.18. The molecule has 0 bridgehead atoms. The maximum absolute atomic E-state index is 16.0. The van der Waals surface area contributed by atoms with Gasteiger partial charge in [0.05, 0.1) is 11.8 Å². The largest absolute Gasteiger partial charge is 0.388 e. The molecule has 1 heterocycles. The Morgan fingerprint density at radius 2 is 1.72 bits per heavy atom. The standard InChI is InChI=1S/C25H25F2NO/c1-15(2)25-23(24(27)17-7-4-3-5-8-17)21(16-11-13-18(26)14-12-16)22-19(28-25)9-6-10-20(22)29/h3-5,7-8,11-15,20,24,29H,6,9-10H2,1-2H3. The lowest BCUT2D eigenvalue weighted by Gasteiger charge is -2.30. The van der Waals surface area contributed by atoms with E-state index in [1.807, 2.05) is 32.0 Å². The van der Waals surface area contributed by atoms with Gasteiger partial charge in [-0.25, -0.2) is 8.78 Å². The highest BCUT2D eigenvalue weighted by Gasteiger charge is 2.32. The van der Waals surface area contributed by atoms with Crippen LogP contribution in [0.1, 0.15) is 73.0 Å². The second kappa shape index (κ2) is 8.03. The topological polar surface area (TPSA) is 33.1 Å². The molecule has 1 aliphatic carbocycles. The highest BCUT2D eigenvalue weighted by atomic mass is 19.1. The van der Waals surface area contributed by atoms with Crippen LogP contribution >= 0.6 is 0 Å². The Morgan fingerprint density at radius 3 is 2.38 bits per heavy atom. The molecule has 2 atom stereocenters. The number of hydrogen-bond donors (Lipinski definition) is 1. The van der Waals surface area contributed by atoms with Gasteiger partial charge in [-0.05, 0) is 54.0 Å². The third kappa shape index (κ3) is 3.69. The number of rotatable bonds is 4. The molecular formula is C25H25F2NO. The van der Waals surface area contributed by atoms with Crippen LogP contribution in [0.3, 0.4) is 0 Å². The SMILES string of the molecule is CC(C)c1nc2c(c(-c3ccc(F)cc3)c1C(F)c1ccccc1)C(O)CCC2. The van der Waals surface area contributed by atoms with E-state index in [1.54, 1.807) is 24.3 Å². The summed E-state index contributed by atoms with van der Waals surface area (Å²) >= 11 is 0. The predicted octanol–water partition coefficient (Wildman–Crippen LogP) is 6.44. The highest BCUT2D eigenvalue weighted by Crippen LogP contribution is 2.45. The van der Waals surface area contributed by atoms with Crippen molar-refractivity contribution in [2.75, 3.05) is 0 Å². The van der Waals surface area contributed by atoms with Crippen molar-refractivity contribution < 1.29 is 13.9 Å². The van der Waals surface area contributed by atoms with Crippen molar-refractivity contribution in [2.24, 2.45) is 0 Å². The van der Waals surface area contributed by atoms with Gasteiger partial charge in [0.2, 0.25) is 0 Å². The zero-order valence-electron chi connectivity index (χ0n) is 16.7. The van der Waals surface area contributed by atoms with Gasteiger partial charge in [-0.15, -0.1) is 0 Å². The van der Waals surface area contributed by atoms with Crippen molar-refractivity contribution in [3.8, 4) is 11.1 Å². The van der Waals surface area contributed by atoms with Crippen LogP contribution in [0.5, 0.6) is 0 Å². The number of aromatic nitrogens is 1. The summed E-state index contributed by atoms with van der Waals surface area (Å²) in [6.07, 6.45) is 0.127. The van der Waals surface area contributed by atoms with Crippen LogP contribution in [-0.2, 0) is 6.42 Å². The van der Waals surface area contributed by atoms with E-state index in [2.05, 4.69) is 0 Å². The fourth-order valence-corrected chi connectivity index (χ4v) is 4.25. The van der Waals surface area contributed by atoms with Gasteiger partial charge < -0.3 is 5.11 Å². The van der Waals surface area contributed by atoms with E-state index in [4.69, 9.17) is 4.98 Å². The Bertz CT molecular complexity index is 1000. The minimum atomic E-state index is -1.39. The lowest BCUT2D eigenvalue weighted by atomic mass is 9.80. The molecule has 2 nitrogen and oxygen atoms in total. The summed E-state index contributed by atoms with van der Waals surface area (Å²) in [5, 5.41) is 10.8. The molecule has 1 aromatic heterocycles. The fraction of sp³-hybridized carbons (Fsp3) is 0.320. The summed E-state index contributed by atoms with van der Waals surface area (Å²) in [6, 6.07) is 15.1. The van der Waals surface area contributed by atoms with E-state index in [-0.39, 0.29) is 11.7 Å². The second-order valence-corrected chi connectivity index (χ2v) is 7.99. The molecule has 0 radical (unpaired) electrons. The van der Waals surface area contributed by atoms with Crippen molar-refractivity contribution in [1.82, 2.24) is 4.98 Å². The monoisotopic (exact) mass is 393 g/mol. The molecule has 4 rings (SSSR count). The van der Waals surface area contributed by atoms with Crippen LogP contribution in [0.4, 0.5) is 8.78 Å². The Balaban J connectivity index is 2.06. The first-order valence-corrected chi connectivity index (χ1v) is 10.2. The van der Waals surface area contributed by atoms with Gasteiger partial charge in [-0.3, -0.25) is 4.98 Å². The van der Waals surface area contributed by atoms with Gasteiger partial charge in [0.1, 0.15) is 5.82 Å². The van der Waals surface area contributed by atoms with Gasteiger partial charge in [0, 0.05) is 16.8 Å². The molecule has 150 valence electrons. The zero-order chi connectivity index (χ0) is 20.5. The highest BCUT2D eigenvalue weighted by molar-refractivity contribution is 5.75. The van der Waals surface area contributed by atoms with Crippen LogP contribution in [0.2, 0.25) is 0 Å². The maximum Gasteiger partial charge on any atom is 0.153 e. The molecule has 0 spiro atoms. The number of nitrogens with zero attached hydrogens (tertiary/aromatic N) is 1. The third-order valence-electron chi connectivity index (χ3n) is 5.63. The number of fused-ring (bicyclic) bond motifs is 1. The van der Waals surface area contributed by atoms with E-state index < -0.39 is 12.3 Å². The minimum absolute atomic E-state index is 0.00975. The van der Waals surface area contributed by atoms with E-state index >= 15 is 4.39 Å². The molecular weight excluding hydrogens is 368 g/mol. The Kier molecular flexibility index (Phi) is 5.46. The first-order chi connectivity index (χ1) is 14.0. The van der Waals surface area contributed by atoms with E-state index in [1.165, 1.54) is 12.1 Å². The van der Waals surface area contributed by atoms with Crippen LogP contribution in [0.25, 0.3) is 11.1 Å². The third-order valence-corrected chi connectivity index (χ3v) is 5.63. The minimum Gasteiger partial charge on any atom is -0.388 e. The Labute approximate surface area is 170 Å². The maximum atomic E-state index is 16.0. The van der Waals surface area contributed by atoms with E-state index in [9.17, 15) is 9.50 Å². The normalized spacial score (nSPS) is 17.2. The summed E-state index contributed by atoms with van der Waals surface area (Å²) in [7, 11) is 0. The molecule has 0 amide bonds. The van der Waals surface area contributed by atoms with Crippen molar-refractivity contribution in [2.45, 2.75) is 51.3 Å². The molecule has 2 unspecified atom stereocenters. The Hall–Kier alpha value is -2.59. The van der Waals surface area contributed by atoms with E-state index in [0.29, 0.717) is 39.9 Å². The van der Waals surface area contributed by atoms with Crippen LogP contribution < -0.4 is 0 Å². The van der Waals surface area contributed by atoms with Crippen LogP contribution in [0.15, 0.2) is 54.6 Å². The smallest absolute Gasteiger partial charge is 0.153 e. The summed E-state index contributed by atoms with van der Waals surface area (Å²) in [5.41, 5.74) is 4.64. The summed E-state index contributed by atoms with van der Waals surface area (Å²) < 4.78 is 29.6. The summed E-state index contributed by atoms with van der Waals surface area (Å²) in [5.74, 6) is -0.335. The van der Waals surface area contributed by atoms with Gasteiger partial charge in [0.15, 0.2) is 6.17 Å². The van der Waals surface area contributed by atoms with Gasteiger partial charge in [-0.2, -0.15) is 0 Å². The van der Waals surface area contributed by atoms with Crippen molar-refractivity contribution in [3.05, 3.63) is 88.5 Å². The number of alkyl halides is 1. The van der Waals surface area contributed by atoms with Crippen molar-refractivity contribution >= 4 is 0 Å². The lowest BCUT2D eigenvalue weighted by molar-refractivity contribution is 0.155. The molecule has 0 aliphatic heterocycles. The molecule has 1 aliphatic rings. The number of aryl methyl sites for hydroxylation is 1. The van der Waals surface area contributed by atoms with Crippen molar-refractivity contribution in [3.63, 3.8) is 0 Å². The average Bonchev–Trinajstić information content (AvgIpc) is 2.73. The number of halogens is 2. The molecule has 29 heavy (non-hydrogen) atoms. The molecule has 2 aromatic carbocycles. The first kappa shape index (κ1) is 19.7. The molecule has 0 saturated heterocycles. The molecule has 1 N–H and O–H groups in total. The first-order valence-electron chi connectivity index (χ1n) is 10.2. The zero-order valence-corrected chi connectivity index (χ0v) is 16.7. The quantitative estimate of drug-likeness (QED) is 0.553. The Morgan fingerprint density at radius 1 is 1.03 bits per heavy atom. The number of pyridine rings is 1. The number of benzene rings is 2. The molecule has 4 heteroatoms.